The third-order valence-corrected chi connectivity index (χ3v) is 3.54. The summed E-state index contributed by atoms with van der Waals surface area (Å²) in [4.78, 5) is 26.6. The van der Waals surface area contributed by atoms with E-state index in [-0.39, 0.29) is 5.56 Å². The highest BCUT2D eigenvalue weighted by molar-refractivity contribution is 7.99. The van der Waals surface area contributed by atoms with Crippen molar-refractivity contribution < 1.29 is 0 Å². The molecule has 94 valence electrons. The number of nitrogens with zero attached hydrogens (tertiary/aromatic N) is 3. The van der Waals surface area contributed by atoms with Gasteiger partial charge in [-0.25, -0.2) is 15.0 Å². The van der Waals surface area contributed by atoms with E-state index in [0.29, 0.717) is 26.9 Å². The van der Waals surface area contributed by atoms with Crippen molar-refractivity contribution in [2.75, 3.05) is 0 Å². The maximum atomic E-state index is 11.4. The summed E-state index contributed by atoms with van der Waals surface area (Å²) in [6.45, 7) is 5.37. The summed E-state index contributed by atoms with van der Waals surface area (Å²) in [5, 5.41) is 1.61. The third kappa shape index (κ3) is 2.88. The Morgan fingerprint density at radius 1 is 1.22 bits per heavy atom. The van der Waals surface area contributed by atoms with Gasteiger partial charge in [-0.3, -0.25) is 4.79 Å². The summed E-state index contributed by atoms with van der Waals surface area (Å²) in [5.74, 6) is 0.586. The van der Waals surface area contributed by atoms with Gasteiger partial charge in [0.2, 0.25) is 0 Å². The second kappa shape index (κ2) is 5.07. The van der Waals surface area contributed by atoms with Gasteiger partial charge < -0.3 is 4.98 Å². The lowest BCUT2D eigenvalue weighted by Gasteiger charge is -2.06. The van der Waals surface area contributed by atoms with E-state index in [9.17, 15) is 4.79 Å². The Balaban J connectivity index is 2.42. The molecule has 0 fully saturated rings. The number of hydrogen-bond acceptors (Lipinski definition) is 5. The molecule has 0 aliphatic carbocycles. The summed E-state index contributed by atoms with van der Waals surface area (Å²) in [6, 6.07) is 1.44. The van der Waals surface area contributed by atoms with E-state index in [2.05, 4.69) is 19.9 Å². The van der Waals surface area contributed by atoms with E-state index < -0.39 is 0 Å². The quantitative estimate of drug-likeness (QED) is 0.676. The molecule has 1 N–H and O–H groups in total. The van der Waals surface area contributed by atoms with Gasteiger partial charge in [-0.15, -0.1) is 0 Å². The van der Waals surface area contributed by atoms with Gasteiger partial charge in [-0.2, -0.15) is 0 Å². The molecule has 2 aromatic rings. The smallest absolute Gasteiger partial charge is 0.251 e. The van der Waals surface area contributed by atoms with Crippen molar-refractivity contribution in [2.24, 2.45) is 0 Å². The lowest BCUT2D eigenvalue weighted by molar-refractivity contribution is 0.889. The topological polar surface area (TPSA) is 71.5 Å². The van der Waals surface area contributed by atoms with Gasteiger partial charge in [0.25, 0.3) is 5.56 Å². The van der Waals surface area contributed by atoms with E-state index >= 15 is 0 Å². The van der Waals surface area contributed by atoms with Gasteiger partial charge in [0, 0.05) is 17.3 Å². The molecule has 7 heteroatoms. The average molecular weight is 283 g/mol. The zero-order valence-corrected chi connectivity index (χ0v) is 11.7. The lowest BCUT2D eigenvalue weighted by atomic mass is 10.4. The monoisotopic (exact) mass is 282 g/mol. The summed E-state index contributed by atoms with van der Waals surface area (Å²) < 4.78 is 0. The van der Waals surface area contributed by atoms with Gasteiger partial charge in [0.15, 0.2) is 5.16 Å². The Morgan fingerprint density at radius 2 is 1.94 bits per heavy atom. The molecule has 18 heavy (non-hydrogen) atoms. The summed E-state index contributed by atoms with van der Waals surface area (Å²) in [7, 11) is 0. The molecule has 0 bridgehead atoms. The Labute approximate surface area is 113 Å². The second-order valence-electron chi connectivity index (χ2n) is 3.79. The normalized spacial score (nSPS) is 10.7. The minimum absolute atomic E-state index is 0.181. The van der Waals surface area contributed by atoms with Crippen molar-refractivity contribution in [1.82, 2.24) is 19.9 Å². The molecule has 0 spiro atoms. The van der Waals surface area contributed by atoms with E-state index in [1.54, 1.807) is 13.8 Å². The van der Waals surface area contributed by atoms with Crippen molar-refractivity contribution in [2.45, 2.75) is 31.0 Å². The summed E-state index contributed by atoms with van der Waals surface area (Å²) in [6.07, 6.45) is 0. The predicted molar refractivity (Wildman–Crippen MR) is 70.2 cm³/mol. The maximum absolute atomic E-state index is 11.4. The van der Waals surface area contributed by atoms with Crippen LogP contribution in [-0.2, 0) is 0 Å². The molecule has 0 saturated heterocycles. The first-order valence-corrected chi connectivity index (χ1v) is 6.41. The van der Waals surface area contributed by atoms with Crippen molar-refractivity contribution in [3.8, 4) is 0 Å². The lowest BCUT2D eigenvalue weighted by Crippen LogP contribution is -2.08. The molecule has 0 aliphatic heterocycles. The molecule has 0 amide bonds. The molecule has 0 radical (unpaired) electrons. The molecular weight excluding hydrogens is 272 g/mol. The molecule has 0 unspecified atom stereocenters. The van der Waals surface area contributed by atoms with Crippen LogP contribution >= 0.6 is 23.4 Å². The van der Waals surface area contributed by atoms with Crippen LogP contribution in [0.2, 0.25) is 5.15 Å². The van der Waals surface area contributed by atoms with Gasteiger partial charge in [0.1, 0.15) is 16.0 Å². The SMILES string of the molecule is Cc1cc(=O)[nH]c(Sc2nc(C)nc(Cl)c2C)n1. The van der Waals surface area contributed by atoms with Crippen molar-refractivity contribution >= 4 is 23.4 Å². The summed E-state index contributed by atoms with van der Waals surface area (Å²) >= 11 is 7.26. The number of aromatic amines is 1. The molecule has 0 aliphatic rings. The fourth-order valence-electron chi connectivity index (χ4n) is 1.36. The van der Waals surface area contributed by atoms with Gasteiger partial charge >= 0.3 is 0 Å². The first kappa shape index (κ1) is 13.0. The van der Waals surface area contributed by atoms with E-state index in [4.69, 9.17) is 11.6 Å². The van der Waals surface area contributed by atoms with Gasteiger partial charge in [-0.05, 0) is 32.5 Å². The Kier molecular flexibility index (Phi) is 3.68. The number of H-pyrrole nitrogens is 1. The largest absolute Gasteiger partial charge is 0.301 e. The number of aromatic nitrogens is 4. The highest BCUT2D eigenvalue weighted by Crippen LogP contribution is 2.28. The van der Waals surface area contributed by atoms with Crippen molar-refractivity contribution in [3.05, 3.63) is 38.7 Å². The molecule has 5 nitrogen and oxygen atoms in total. The molecule has 0 aromatic carbocycles. The van der Waals surface area contributed by atoms with Crippen LogP contribution in [0.15, 0.2) is 21.0 Å². The maximum Gasteiger partial charge on any atom is 0.251 e. The van der Waals surface area contributed by atoms with Gasteiger partial charge in [0.05, 0.1) is 0 Å². The number of halogens is 1. The molecule has 2 rings (SSSR count). The van der Waals surface area contributed by atoms with Crippen LogP contribution in [0.4, 0.5) is 0 Å². The number of rotatable bonds is 2. The Morgan fingerprint density at radius 3 is 2.61 bits per heavy atom. The zero-order chi connectivity index (χ0) is 13.3. The molecule has 0 atom stereocenters. The minimum atomic E-state index is -0.181. The standard InChI is InChI=1S/C11H11ClN4OS/c1-5-4-8(17)16-11(13-5)18-10-6(2)9(12)14-7(3)15-10/h4H,1-3H3,(H,13,16,17). The number of nitrogens with one attached hydrogen (secondary N) is 1. The van der Waals surface area contributed by atoms with Crippen LogP contribution in [0.1, 0.15) is 17.1 Å². The second-order valence-corrected chi connectivity index (χ2v) is 5.12. The van der Waals surface area contributed by atoms with Crippen LogP contribution < -0.4 is 5.56 Å². The third-order valence-electron chi connectivity index (χ3n) is 2.19. The fraction of sp³-hybridized carbons (Fsp3) is 0.273. The van der Waals surface area contributed by atoms with E-state index in [1.165, 1.54) is 17.8 Å². The highest BCUT2D eigenvalue weighted by Gasteiger charge is 2.10. The number of aryl methyl sites for hydroxylation is 2. The van der Waals surface area contributed by atoms with Crippen molar-refractivity contribution in [1.29, 1.82) is 0 Å². The summed E-state index contributed by atoms with van der Waals surface area (Å²) in [5.41, 5.74) is 1.26. The Bertz CT molecular complexity index is 656. The van der Waals surface area contributed by atoms with Crippen LogP contribution in [0.3, 0.4) is 0 Å². The Hall–Kier alpha value is -1.40. The minimum Gasteiger partial charge on any atom is -0.301 e. The van der Waals surface area contributed by atoms with E-state index in [1.807, 2.05) is 6.92 Å². The first-order valence-electron chi connectivity index (χ1n) is 5.22. The highest BCUT2D eigenvalue weighted by atomic mass is 35.5. The average Bonchev–Trinajstić information content (AvgIpc) is 2.23. The molecule has 2 aromatic heterocycles. The molecular formula is C11H11ClN4OS. The molecule has 2 heterocycles. The zero-order valence-electron chi connectivity index (χ0n) is 10.1. The fourth-order valence-corrected chi connectivity index (χ4v) is 2.58. The van der Waals surface area contributed by atoms with Crippen molar-refractivity contribution in [3.63, 3.8) is 0 Å². The van der Waals surface area contributed by atoms with Crippen LogP contribution in [0, 0.1) is 20.8 Å². The van der Waals surface area contributed by atoms with Crippen LogP contribution in [0.25, 0.3) is 0 Å². The van der Waals surface area contributed by atoms with E-state index in [0.717, 1.165) is 5.56 Å². The van der Waals surface area contributed by atoms with Crippen LogP contribution in [0.5, 0.6) is 0 Å². The predicted octanol–water partition coefficient (Wildman–Crippen LogP) is 2.29. The first-order chi connectivity index (χ1) is 8.45. The van der Waals surface area contributed by atoms with Crippen LogP contribution in [-0.4, -0.2) is 19.9 Å². The molecule has 0 saturated carbocycles. The van der Waals surface area contributed by atoms with Gasteiger partial charge in [-0.1, -0.05) is 11.6 Å². The number of hydrogen-bond donors (Lipinski definition) is 1.